The van der Waals surface area contributed by atoms with Crippen LogP contribution >= 0.6 is 0 Å². The molecule has 338 valence electrons. The normalized spacial score (nSPS) is 12.1. The van der Waals surface area contributed by atoms with E-state index < -0.39 is 120 Å². The van der Waals surface area contributed by atoms with Gasteiger partial charge in [-0.2, -0.15) is 0 Å². The quantitative estimate of drug-likeness (QED) is 0.0338. The zero-order chi connectivity index (χ0) is 47.5. The molecule has 0 spiro atoms. The molecule has 4 heterocycles. The second kappa shape index (κ2) is 13.2. The maximum Gasteiger partial charge on any atom is 0.236 e. The number of nitrogens with zero attached hydrogens (tertiary/aromatic N) is 2. The standard InChI is InChI=1S/C48H28N2O18/c51-31-25(26-33(53)42(62)46-27-28-47(66-65-45(26)27)43(63)41(61)44(64)48(28)68-67-46)32(52)35(55)29(34(31)54)49-21-7-3-1-5-17(21)19-13-15(9-11-23(19)49)16-10-12-24-20(14-16)18-6-2-4-8-22(18)50(24)30-36(56)38(58)40(60)39(59)37(30)57/h1-14,51-64H. The van der Waals surface area contributed by atoms with E-state index in [0.717, 1.165) is 0 Å². The molecule has 2 aliphatic heterocycles. The van der Waals surface area contributed by atoms with Gasteiger partial charge in [0.25, 0.3) is 0 Å². The van der Waals surface area contributed by atoms with Crippen LogP contribution in [0.1, 0.15) is 0 Å². The fraction of sp³-hybridized carbons (Fsp3) is 0. The monoisotopic (exact) mass is 920 g/mol. The van der Waals surface area contributed by atoms with Crippen LogP contribution in [-0.4, -0.2) is 80.6 Å². The number of para-hydroxylation sites is 2. The molecule has 14 N–H and O–H groups in total. The van der Waals surface area contributed by atoms with Gasteiger partial charge in [-0.15, -0.1) is 0 Å². The Morgan fingerprint density at radius 3 is 1.04 bits per heavy atom. The summed E-state index contributed by atoms with van der Waals surface area (Å²) in [6, 6.07) is 24.4. The highest BCUT2D eigenvalue weighted by molar-refractivity contribution is 6.16. The van der Waals surface area contributed by atoms with Crippen LogP contribution in [0.5, 0.6) is 80.5 Å². The summed E-state index contributed by atoms with van der Waals surface area (Å²) in [6.45, 7) is 0. The molecule has 10 aromatic rings. The number of aromatic nitrogens is 2. The van der Waals surface area contributed by atoms with Crippen molar-refractivity contribution < 1.29 is 89.8 Å². The molecule has 0 atom stereocenters. The van der Waals surface area contributed by atoms with Crippen molar-refractivity contribution in [3.8, 4) is 125 Å². The lowest BCUT2D eigenvalue weighted by Gasteiger charge is -2.20. The van der Waals surface area contributed by atoms with Gasteiger partial charge in [0, 0.05) is 21.5 Å². The summed E-state index contributed by atoms with van der Waals surface area (Å²) in [5.74, 6) is -14.6. The van der Waals surface area contributed by atoms with Crippen molar-refractivity contribution in [2.24, 2.45) is 0 Å². The van der Waals surface area contributed by atoms with Gasteiger partial charge in [0.1, 0.15) is 11.4 Å². The van der Waals surface area contributed by atoms with E-state index in [1.807, 2.05) is 12.1 Å². The highest BCUT2D eigenvalue weighted by Gasteiger charge is 2.39. The van der Waals surface area contributed by atoms with Gasteiger partial charge in [0.05, 0.1) is 44.3 Å². The lowest BCUT2D eigenvalue weighted by Crippen LogP contribution is -1.99. The predicted octanol–water partition coefficient (Wildman–Crippen LogP) is 9.44. The van der Waals surface area contributed by atoms with Gasteiger partial charge in [-0.05, 0) is 47.5 Å². The van der Waals surface area contributed by atoms with E-state index in [-0.39, 0.29) is 16.8 Å². The highest BCUT2D eigenvalue weighted by atomic mass is 17.0. The van der Waals surface area contributed by atoms with Gasteiger partial charge in [-0.3, -0.25) is 18.3 Å². The number of benzene rings is 8. The van der Waals surface area contributed by atoms with Crippen LogP contribution < -0.4 is 0 Å². The average Bonchev–Trinajstić information content (AvgIpc) is 3.85. The number of rotatable bonds is 4. The van der Waals surface area contributed by atoms with Crippen molar-refractivity contribution in [1.29, 1.82) is 0 Å². The first kappa shape index (κ1) is 39.4. The van der Waals surface area contributed by atoms with Gasteiger partial charge in [-0.1, -0.05) is 48.5 Å². The van der Waals surface area contributed by atoms with Gasteiger partial charge < -0.3 is 80.6 Å². The van der Waals surface area contributed by atoms with Crippen molar-refractivity contribution in [3.05, 3.63) is 84.9 Å². The van der Waals surface area contributed by atoms with Crippen LogP contribution in [-0.2, 0) is 0 Å². The number of hydrogen-bond donors (Lipinski definition) is 14. The van der Waals surface area contributed by atoms with Crippen LogP contribution in [0, 0.1) is 0 Å². The Kier molecular flexibility index (Phi) is 7.62. The Morgan fingerprint density at radius 2 is 0.588 bits per heavy atom. The van der Waals surface area contributed by atoms with Crippen LogP contribution in [0.4, 0.5) is 0 Å². The lowest BCUT2D eigenvalue weighted by molar-refractivity contribution is 0.0727. The third kappa shape index (κ3) is 4.74. The van der Waals surface area contributed by atoms with Crippen molar-refractivity contribution >= 4 is 65.9 Å². The van der Waals surface area contributed by atoms with Crippen molar-refractivity contribution in [2.75, 3.05) is 0 Å². The van der Waals surface area contributed by atoms with Crippen LogP contribution in [0.15, 0.2) is 103 Å². The Labute approximate surface area is 374 Å². The van der Waals surface area contributed by atoms with Crippen molar-refractivity contribution in [1.82, 2.24) is 9.13 Å². The summed E-state index contributed by atoms with van der Waals surface area (Å²) in [7, 11) is 0. The summed E-state index contributed by atoms with van der Waals surface area (Å²) in [5.41, 5.74) is -2.89. The summed E-state index contributed by atoms with van der Waals surface area (Å²) in [4.78, 5) is 0. The third-order valence-corrected chi connectivity index (χ3v) is 12.4. The molecule has 0 bridgehead atoms. The molecule has 12 rings (SSSR count). The van der Waals surface area contributed by atoms with E-state index in [9.17, 15) is 71.5 Å². The van der Waals surface area contributed by atoms with E-state index in [2.05, 4.69) is 0 Å². The SMILES string of the molecule is Oc1c(O)c(O)c(-n2c3ccccc3c3cc(-c4ccc5c(c4)c4ccccc4n5-c4c(O)c(O)c(-c5c(O)c(O)c6ooc7c(O)c(O)c(O)c8ooc5c6-c78)c(O)c4O)ccc32)c(O)c1O. The van der Waals surface area contributed by atoms with Crippen molar-refractivity contribution in [2.45, 2.75) is 0 Å². The first-order chi connectivity index (χ1) is 32.6. The van der Waals surface area contributed by atoms with Crippen LogP contribution in [0.2, 0.25) is 0 Å². The lowest BCUT2D eigenvalue weighted by atomic mass is 9.92. The Balaban J connectivity index is 1.05. The van der Waals surface area contributed by atoms with E-state index in [1.165, 1.54) is 9.13 Å². The van der Waals surface area contributed by atoms with Crippen LogP contribution in [0.25, 0.3) is 111 Å². The molecule has 20 heteroatoms. The first-order valence-corrected chi connectivity index (χ1v) is 20.0. The molecule has 68 heavy (non-hydrogen) atoms. The Bertz CT molecular complexity index is 4160. The minimum Gasteiger partial charge on any atom is -0.504 e. The molecule has 0 saturated carbocycles. The zero-order valence-corrected chi connectivity index (χ0v) is 33.9. The molecule has 8 aromatic carbocycles. The molecule has 2 aliphatic rings. The summed E-state index contributed by atoms with van der Waals surface area (Å²) in [6.07, 6.45) is 0. The maximum absolute atomic E-state index is 11.9. The molecule has 20 nitrogen and oxygen atoms in total. The van der Waals surface area contributed by atoms with E-state index >= 15 is 0 Å². The summed E-state index contributed by atoms with van der Waals surface area (Å²) in [5, 5.41) is 156. The van der Waals surface area contributed by atoms with E-state index in [4.69, 9.17) is 18.3 Å². The van der Waals surface area contributed by atoms with E-state index in [1.54, 1.807) is 72.8 Å². The second-order valence-corrected chi connectivity index (χ2v) is 15.9. The number of phenolic OH excluding ortho intramolecular Hbond substituents is 14. The molecular weight excluding hydrogens is 893 g/mol. The molecule has 0 radical (unpaired) electrons. The summed E-state index contributed by atoms with van der Waals surface area (Å²) >= 11 is 0. The van der Waals surface area contributed by atoms with Crippen molar-refractivity contribution in [3.63, 3.8) is 0 Å². The number of hydrogen-bond acceptors (Lipinski definition) is 18. The number of phenols is 14. The van der Waals surface area contributed by atoms with Gasteiger partial charge in [0.15, 0.2) is 40.2 Å². The minimum atomic E-state index is -1.15. The smallest absolute Gasteiger partial charge is 0.236 e. The number of aromatic hydroxyl groups is 14. The fourth-order valence-corrected chi connectivity index (χ4v) is 9.33. The Morgan fingerprint density at radius 1 is 0.265 bits per heavy atom. The molecule has 0 fully saturated rings. The molecule has 0 aliphatic carbocycles. The molecule has 2 aromatic heterocycles. The molecule has 0 saturated heterocycles. The average molecular weight is 921 g/mol. The molecular formula is C48H28N2O18. The maximum atomic E-state index is 11.9. The first-order valence-electron chi connectivity index (χ1n) is 20.0. The van der Waals surface area contributed by atoms with E-state index in [0.29, 0.717) is 54.7 Å². The van der Waals surface area contributed by atoms with Gasteiger partial charge >= 0.3 is 0 Å². The highest BCUT2D eigenvalue weighted by Crippen LogP contribution is 2.62. The fourth-order valence-electron chi connectivity index (χ4n) is 9.33. The molecule has 0 amide bonds. The second-order valence-electron chi connectivity index (χ2n) is 15.9. The topological polar surface area (TPSA) is 346 Å². The zero-order valence-electron chi connectivity index (χ0n) is 33.9. The van der Waals surface area contributed by atoms with Gasteiger partial charge in [-0.25, -0.2) is 0 Å². The minimum absolute atomic E-state index is 0.355. The number of fused-ring (bicyclic) bond motifs is 6. The Hall–Kier alpha value is -10.2. The largest absolute Gasteiger partial charge is 0.504 e. The van der Waals surface area contributed by atoms with Gasteiger partial charge in [0.2, 0.25) is 62.6 Å². The van der Waals surface area contributed by atoms with Crippen LogP contribution in [0.3, 0.4) is 0 Å². The predicted molar refractivity (Wildman–Crippen MR) is 239 cm³/mol. The third-order valence-electron chi connectivity index (χ3n) is 12.4. The summed E-state index contributed by atoms with van der Waals surface area (Å²) < 4.78 is 23.5. The molecule has 0 unspecified atom stereocenters.